The molecule has 61 heavy (non-hydrogen) atoms. The Bertz CT molecular complexity index is 2610. The molecule has 0 bridgehead atoms. The number of carboxylic acid groups (broad SMARTS) is 1. The molecule has 9 heteroatoms. The Morgan fingerprint density at radius 3 is 2.20 bits per heavy atom. The summed E-state index contributed by atoms with van der Waals surface area (Å²) in [5.41, 5.74) is 12.7. The number of rotatable bonds is 7. The second-order valence-corrected chi connectivity index (χ2v) is 18.2. The summed E-state index contributed by atoms with van der Waals surface area (Å²) < 4.78 is 12.4. The van der Waals surface area contributed by atoms with Crippen LogP contribution in [0.2, 0.25) is 0 Å². The molecule has 1 aliphatic carbocycles. The molecule has 5 aromatic rings. The van der Waals surface area contributed by atoms with E-state index in [1.54, 1.807) is 24.3 Å². The Balaban J connectivity index is 0.000000184. The van der Waals surface area contributed by atoms with Crippen LogP contribution in [0.5, 0.6) is 17.2 Å². The summed E-state index contributed by atoms with van der Waals surface area (Å²) in [6.45, 7) is 15.0. The number of hydrogen-bond acceptors (Lipinski definition) is 7. The molecular weight excluding hydrogens is 783 g/mol. The Kier molecular flexibility index (Phi) is 12.2. The van der Waals surface area contributed by atoms with Gasteiger partial charge in [-0.05, 0) is 159 Å². The van der Waals surface area contributed by atoms with Gasteiger partial charge in [0.25, 0.3) is 5.24 Å². The number of carbonyl (C=O) groups excluding carboxylic acids is 2. The minimum absolute atomic E-state index is 0.0855. The van der Waals surface area contributed by atoms with Crippen molar-refractivity contribution in [3.63, 3.8) is 0 Å². The van der Waals surface area contributed by atoms with E-state index in [-0.39, 0.29) is 27.4 Å². The lowest BCUT2D eigenvalue weighted by molar-refractivity contribution is -0.118. The number of hydrogen-bond donors (Lipinski definition) is 3. The maximum atomic E-state index is 11.7. The number of phenolic OH excluding ortho intramolecular Hbond substituents is 1. The smallest absolute Gasteiger partial charge is 0.335 e. The monoisotopic (exact) mass is 833 g/mol. The first-order chi connectivity index (χ1) is 29.0. The standard InChI is InChI=1S/C28H24O2.C24H27NO5S/c1-19-4-11-22(12-5-19)24-16-17-28(2,3)26-15-10-21(18-25(24)26)7-6-20-8-13-23(14-9-20)27(29)30;1-13-14(2)21-18(15(3)20(13)26)9-10-24(4,30-21)12-29-17-7-5-16(6-8-17)11-19-22(27)25-23(28)31-19/h4-5,8-16,18H,17H2,1-3H3,(H,29,30);5-8,19,26H,9-12H2,1-4H3,(H,25,27,28). The molecule has 2 amide bonds. The molecule has 312 valence electrons. The number of ether oxygens (including phenoxy) is 2. The van der Waals surface area contributed by atoms with Crippen LogP contribution < -0.4 is 14.8 Å². The van der Waals surface area contributed by atoms with Crippen LogP contribution in [0.4, 0.5) is 4.79 Å². The van der Waals surface area contributed by atoms with Crippen LogP contribution >= 0.6 is 11.8 Å². The maximum Gasteiger partial charge on any atom is 0.335 e. The number of thioether (sulfide) groups is 1. The van der Waals surface area contributed by atoms with Gasteiger partial charge in [-0.15, -0.1) is 0 Å². The highest BCUT2D eigenvalue weighted by atomic mass is 32.2. The van der Waals surface area contributed by atoms with E-state index in [2.05, 4.69) is 86.5 Å². The molecule has 2 aliphatic heterocycles. The maximum absolute atomic E-state index is 11.7. The number of imide groups is 1. The molecule has 2 heterocycles. The third-order valence-electron chi connectivity index (χ3n) is 11.9. The lowest BCUT2D eigenvalue weighted by Gasteiger charge is -2.37. The highest BCUT2D eigenvalue weighted by Gasteiger charge is 2.36. The van der Waals surface area contributed by atoms with E-state index >= 15 is 0 Å². The van der Waals surface area contributed by atoms with Crippen LogP contribution in [-0.2, 0) is 23.1 Å². The molecule has 3 aliphatic rings. The van der Waals surface area contributed by atoms with Crippen molar-refractivity contribution in [1.29, 1.82) is 0 Å². The third kappa shape index (κ3) is 9.56. The Morgan fingerprint density at radius 1 is 0.869 bits per heavy atom. The molecule has 8 nitrogen and oxygen atoms in total. The number of nitrogens with one attached hydrogen (secondary N) is 1. The van der Waals surface area contributed by atoms with Crippen LogP contribution in [0.25, 0.3) is 5.57 Å². The van der Waals surface area contributed by atoms with Crippen molar-refractivity contribution >= 4 is 34.5 Å². The molecule has 0 radical (unpaired) electrons. The van der Waals surface area contributed by atoms with Gasteiger partial charge < -0.3 is 19.7 Å². The van der Waals surface area contributed by atoms with E-state index in [1.807, 2.05) is 52.0 Å². The summed E-state index contributed by atoms with van der Waals surface area (Å²) in [7, 11) is 0. The molecule has 3 N–H and O–H groups in total. The van der Waals surface area contributed by atoms with Gasteiger partial charge in [-0.2, -0.15) is 0 Å². The average molecular weight is 834 g/mol. The fourth-order valence-corrected chi connectivity index (χ4v) is 8.81. The van der Waals surface area contributed by atoms with Gasteiger partial charge in [0.1, 0.15) is 29.5 Å². The molecule has 2 atom stereocenters. The predicted molar refractivity (Wildman–Crippen MR) is 242 cm³/mol. The number of phenols is 1. The van der Waals surface area contributed by atoms with Crippen molar-refractivity contribution in [1.82, 2.24) is 5.32 Å². The number of aromatic carboxylic acids is 1. The van der Waals surface area contributed by atoms with E-state index in [0.717, 1.165) is 81.5 Å². The number of aromatic hydroxyl groups is 1. The largest absolute Gasteiger partial charge is 0.507 e. The second kappa shape index (κ2) is 17.4. The van der Waals surface area contributed by atoms with Gasteiger partial charge >= 0.3 is 5.97 Å². The first-order valence-corrected chi connectivity index (χ1v) is 21.4. The molecule has 2 unspecified atom stereocenters. The highest BCUT2D eigenvalue weighted by molar-refractivity contribution is 8.15. The van der Waals surface area contributed by atoms with Gasteiger partial charge in [-0.3, -0.25) is 14.9 Å². The number of carbonyl (C=O) groups is 3. The van der Waals surface area contributed by atoms with Gasteiger partial charge in [0.05, 0.1) is 10.8 Å². The fourth-order valence-electron chi connectivity index (χ4n) is 7.95. The third-order valence-corrected chi connectivity index (χ3v) is 12.9. The Labute approximate surface area is 362 Å². The van der Waals surface area contributed by atoms with Crippen molar-refractivity contribution in [2.24, 2.45) is 0 Å². The number of benzene rings is 5. The van der Waals surface area contributed by atoms with E-state index in [1.165, 1.54) is 27.8 Å². The molecular formula is C52H51NO7S. The predicted octanol–water partition coefficient (Wildman–Crippen LogP) is 10.6. The van der Waals surface area contributed by atoms with Gasteiger partial charge in [0, 0.05) is 16.7 Å². The number of amides is 2. The molecule has 1 saturated heterocycles. The number of allylic oxidation sites excluding steroid dienone is 1. The van der Waals surface area contributed by atoms with Crippen molar-refractivity contribution in [2.45, 2.75) is 90.4 Å². The lowest BCUT2D eigenvalue weighted by Crippen LogP contribution is -2.42. The van der Waals surface area contributed by atoms with Crippen LogP contribution in [0.15, 0.2) is 97.1 Å². The van der Waals surface area contributed by atoms with Gasteiger partial charge in [0.2, 0.25) is 5.91 Å². The first-order valence-electron chi connectivity index (χ1n) is 20.5. The highest BCUT2D eigenvalue weighted by Crippen LogP contribution is 2.44. The zero-order valence-corrected chi connectivity index (χ0v) is 36.5. The summed E-state index contributed by atoms with van der Waals surface area (Å²) in [5, 5.41) is 21.0. The normalized spacial score (nSPS) is 18.5. The van der Waals surface area contributed by atoms with Crippen LogP contribution in [0.1, 0.15) is 105 Å². The first kappa shape index (κ1) is 42.9. The summed E-state index contributed by atoms with van der Waals surface area (Å²) in [4.78, 5) is 34.1. The summed E-state index contributed by atoms with van der Waals surface area (Å²) in [5.74, 6) is 7.19. The fraction of sp³-hybridized carbons (Fsp3) is 0.288. The van der Waals surface area contributed by atoms with E-state index in [4.69, 9.17) is 14.6 Å². The van der Waals surface area contributed by atoms with Crippen molar-refractivity contribution in [3.05, 3.63) is 164 Å². The van der Waals surface area contributed by atoms with Crippen LogP contribution in [0.3, 0.4) is 0 Å². The average Bonchev–Trinajstić information content (AvgIpc) is 3.57. The quantitative estimate of drug-likeness (QED) is 0.139. The molecule has 5 aromatic carbocycles. The minimum atomic E-state index is -0.928. The summed E-state index contributed by atoms with van der Waals surface area (Å²) in [6.07, 6.45) is 5.47. The molecule has 0 saturated carbocycles. The number of fused-ring (bicyclic) bond motifs is 2. The Morgan fingerprint density at radius 2 is 1.54 bits per heavy atom. The van der Waals surface area contributed by atoms with E-state index in [0.29, 0.717) is 18.8 Å². The lowest BCUT2D eigenvalue weighted by atomic mass is 9.72. The Hall–Kier alpha value is -6.24. The minimum Gasteiger partial charge on any atom is -0.507 e. The number of aryl methyl sites for hydroxylation is 1. The second-order valence-electron chi connectivity index (χ2n) is 17.1. The summed E-state index contributed by atoms with van der Waals surface area (Å²) in [6, 6.07) is 29.4. The zero-order valence-electron chi connectivity index (χ0n) is 35.7. The summed E-state index contributed by atoms with van der Waals surface area (Å²) >= 11 is 1.04. The van der Waals surface area contributed by atoms with Gasteiger partial charge in [-0.25, -0.2) is 4.79 Å². The zero-order chi connectivity index (χ0) is 43.6. The van der Waals surface area contributed by atoms with Crippen molar-refractivity contribution in [2.75, 3.05) is 6.61 Å². The molecule has 0 spiro atoms. The van der Waals surface area contributed by atoms with Gasteiger partial charge in [-0.1, -0.05) is 91.6 Å². The van der Waals surface area contributed by atoms with Gasteiger partial charge in [0.15, 0.2) is 0 Å². The SMILES string of the molecule is Cc1c(C)c2c(c(C)c1O)CCC(C)(COc1ccc(CC3SC(=O)NC3=O)cc1)O2.Cc1ccc(C2=CCC(C)(C)c3ccc(C#Cc4ccc(C(=O)O)cc4)cc32)cc1. The van der Waals surface area contributed by atoms with Crippen molar-refractivity contribution < 1.29 is 34.1 Å². The molecule has 0 aromatic heterocycles. The van der Waals surface area contributed by atoms with Crippen LogP contribution in [0, 0.1) is 39.5 Å². The van der Waals surface area contributed by atoms with E-state index < -0.39 is 11.6 Å². The molecule has 1 fully saturated rings. The van der Waals surface area contributed by atoms with Crippen molar-refractivity contribution in [3.8, 4) is 29.1 Å². The van der Waals surface area contributed by atoms with Crippen LogP contribution in [-0.4, -0.2) is 44.8 Å². The van der Waals surface area contributed by atoms with E-state index in [9.17, 15) is 19.5 Å². The molecule has 8 rings (SSSR count). The topological polar surface area (TPSA) is 122 Å². The number of carboxylic acids is 1.